The molecule has 1 saturated heterocycles. The van der Waals surface area contributed by atoms with Gasteiger partial charge in [0.2, 0.25) is 0 Å². The Morgan fingerprint density at radius 2 is 2.00 bits per heavy atom. The normalized spacial score (nSPS) is 24.5. The fourth-order valence-corrected chi connectivity index (χ4v) is 3.70. The smallest absolute Gasteiger partial charge is 0.407 e. The minimum Gasteiger partial charge on any atom is -0.445 e. The Morgan fingerprint density at radius 1 is 1.21 bits per heavy atom. The molecule has 1 aliphatic heterocycles. The molecule has 2 atom stereocenters. The molecule has 1 aromatic rings. The molecule has 5 nitrogen and oxygen atoms in total. The summed E-state index contributed by atoms with van der Waals surface area (Å²) >= 11 is 0. The number of amides is 1. The largest absolute Gasteiger partial charge is 0.445 e. The summed E-state index contributed by atoms with van der Waals surface area (Å²) in [6.07, 6.45) is 4.79. The van der Waals surface area contributed by atoms with Crippen molar-refractivity contribution in [3.8, 4) is 0 Å². The first kappa shape index (κ1) is 17.2. The first-order valence-electron chi connectivity index (χ1n) is 9.12. The zero-order valence-corrected chi connectivity index (χ0v) is 14.3. The Labute approximate surface area is 144 Å². The highest BCUT2D eigenvalue weighted by Crippen LogP contribution is 2.37. The summed E-state index contributed by atoms with van der Waals surface area (Å²) < 4.78 is 5.36. The van der Waals surface area contributed by atoms with Crippen molar-refractivity contribution < 1.29 is 9.53 Å². The van der Waals surface area contributed by atoms with Crippen LogP contribution in [0, 0.1) is 11.8 Å². The van der Waals surface area contributed by atoms with E-state index in [4.69, 9.17) is 10.5 Å². The molecular weight excluding hydrogens is 302 g/mol. The van der Waals surface area contributed by atoms with Crippen LogP contribution in [0.5, 0.6) is 0 Å². The second-order valence-electron chi connectivity index (χ2n) is 7.23. The van der Waals surface area contributed by atoms with Crippen molar-refractivity contribution in [2.45, 2.75) is 38.3 Å². The van der Waals surface area contributed by atoms with Crippen molar-refractivity contribution in [2.24, 2.45) is 17.6 Å². The van der Waals surface area contributed by atoms with E-state index in [1.807, 2.05) is 30.3 Å². The van der Waals surface area contributed by atoms with Gasteiger partial charge < -0.3 is 15.8 Å². The second kappa shape index (κ2) is 8.49. The molecule has 0 spiro atoms. The fraction of sp³-hybridized carbons (Fsp3) is 0.632. The Bertz CT molecular complexity index is 519. The van der Waals surface area contributed by atoms with Gasteiger partial charge in [-0.2, -0.15) is 0 Å². The van der Waals surface area contributed by atoms with Crippen LogP contribution in [-0.2, 0) is 11.3 Å². The molecule has 2 aliphatic rings. The molecule has 1 aromatic carbocycles. The molecule has 0 bridgehead atoms. The predicted molar refractivity (Wildman–Crippen MR) is 94.5 cm³/mol. The molecule has 0 radical (unpaired) electrons. The molecule has 2 unspecified atom stereocenters. The van der Waals surface area contributed by atoms with Crippen molar-refractivity contribution in [3.05, 3.63) is 35.9 Å². The van der Waals surface area contributed by atoms with Gasteiger partial charge >= 0.3 is 6.09 Å². The maximum atomic E-state index is 12.1. The van der Waals surface area contributed by atoms with Gasteiger partial charge in [0.1, 0.15) is 6.61 Å². The predicted octanol–water partition coefficient (Wildman–Crippen LogP) is 2.36. The van der Waals surface area contributed by atoms with Crippen LogP contribution in [0.3, 0.4) is 0 Å². The molecule has 3 rings (SSSR count). The zero-order valence-electron chi connectivity index (χ0n) is 14.3. The van der Waals surface area contributed by atoms with E-state index >= 15 is 0 Å². The van der Waals surface area contributed by atoms with Gasteiger partial charge in [-0.15, -0.1) is 0 Å². The first-order valence-corrected chi connectivity index (χ1v) is 9.12. The van der Waals surface area contributed by atoms with Crippen LogP contribution in [0.4, 0.5) is 4.79 Å². The Morgan fingerprint density at radius 3 is 2.71 bits per heavy atom. The Kier molecular flexibility index (Phi) is 6.10. The van der Waals surface area contributed by atoms with E-state index in [0.29, 0.717) is 19.1 Å². The number of likely N-dealkylation sites (tertiary alicyclic amines) is 1. The lowest BCUT2D eigenvalue weighted by Gasteiger charge is -2.38. The summed E-state index contributed by atoms with van der Waals surface area (Å²) in [6.45, 7) is 3.88. The molecule has 1 saturated carbocycles. The van der Waals surface area contributed by atoms with Crippen LogP contribution >= 0.6 is 0 Å². The van der Waals surface area contributed by atoms with Gasteiger partial charge in [-0.05, 0) is 30.2 Å². The van der Waals surface area contributed by atoms with E-state index < -0.39 is 0 Å². The van der Waals surface area contributed by atoms with E-state index in [-0.39, 0.29) is 12.1 Å². The van der Waals surface area contributed by atoms with Crippen molar-refractivity contribution in [1.29, 1.82) is 0 Å². The van der Waals surface area contributed by atoms with Crippen molar-refractivity contribution in [3.63, 3.8) is 0 Å². The number of piperidine rings is 1. The third kappa shape index (κ3) is 5.49. The molecule has 2 fully saturated rings. The highest BCUT2D eigenvalue weighted by molar-refractivity contribution is 5.67. The van der Waals surface area contributed by atoms with Crippen LogP contribution in [0.15, 0.2) is 30.3 Å². The first-order chi connectivity index (χ1) is 11.7. The van der Waals surface area contributed by atoms with Crippen LogP contribution < -0.4 is 11.1 Å². The maximum absolute atomic E-state index is 12.1. The maximum Gasteiger partial charge on any atom is 0.407 e. The molecule has 1 amide bonds. The van der Waals surface area contributed by atoms with Crippen molar-refractivity contribution in [2.75, 3.05) is 26.2 Å². The van der Waals surface area contributed by atoms with Gasteiger partial charge in [0, 0.05) is 32.2 Å². The average molecular weight is 331 g/mol. The van der Waals surface area contributed by atoms with Gasteiger partial charge in [-0.3, -0.25) is 4.90 Å². The average Bonchev–Trinajstić information content (AvgIpc) is 3.38. The molecule has 132 valence electrons. The summed E-state index contributed by atoms with van der Waals surface area (Å²) in [5.74, 6) is 1.58. The van der Waals surface area contributed by atoms with Gasteiger partial charge in [0.15, 0.2) is 0 Å². The Hall–Kier alpha value is -1.59. The van der Waals surface area contributed by atoms with E-state index in [1.165, 1.54) is 19.3 Å². The molecule has 5 heteroatoms. The van der Waals surface area contributed by atoms with E-state index in [9.17, 15) is 4.79 Å². The quantitative estimate of drug-likeness (QED) is 0.805. The number of alkyl carbamates (subject to hydrolysis) is 1. The standard InChI is InChI=1S/C19H29N3O2/c20-8-9-22-12-17(10-15-6-7-15)11-18(13-22)21-19(23)24-14-16-4-2-1-3-5-16/h1-5,15,17-18H,6-14,20H2,(H,21,23). The number of benzene rings is 1. The molecular formula is C19H29N3O2. The summed E-state index contributed by atoms with van der Waals surface area (Å²) in [7, 11) is 0. The Balaban J connectivity index is 1.47. The number of hydrogen-bond donors (Lipinski definition) is 2. The minimum atomic E-state index is -0.316. The van der Waals surface area contributed by atoms with Crippen molar-refractivity contribution in [1.82, 2.24) is 10.2 Å². The zero-order chi connectivity index (χ0) is 16.8. The van der Waals surface area contributed by atoms with Crippen molar-refractivity contribution >= 4 is 6.09 Å². The highest BCUT2D eigenvalue weighted by Gasteiger charge is 2.32. The van der Waals surface area contributed by atoms with Crippen LogP contribution in [0.1, 0.15) is 31.2 Å². The van der Waals surface area contributed by atoms with Crippen LogP contribution in [0.25, 0.3) is 0 Å². The lowest BCUT2D eigenvalue weighted by Crippen LogP contribution is -2.52. The number of rotatable bonds is 7. The molecule has 1 heterocycles. The third-order valence-electron chi connectivity index (χ3n) is 4.96. The van der Waals surface area contributed by atoms with Gasteiger partial charge in [0.25, 0.3) is 0 Å². The molecule has 24 heavy (non-hydrogen) atoms. The fourth-order valence-electron chi connectivity index (χ4n) is 3.70. The highest BCUT2D eigenvalue weighted by atomic mass is 16.5. The molecule has 1 aliphatic carbocycles. The number of ether oxygens (including phenoxy) is 1. The summed E-state index contributed by atoms with van der Waals surface area (Å²) in [4.78, 5) is 14.5. The van der Waals surface area contributed by atoms with Gasteiger partial charge in [-0.1, -0.05) is 43.2 Å². The summed E-state index contributed by atoms with van der Waals surface area (Å²) in [6, 6.07) is 9.94. The van der Waals surface area contributed by atoms with E-state index in [2.05, 4.69) is 10.2 Å². The number of carbonyl (C=O) groups excluding carboxylic acids is 1. The number of carbonyl (C=O) groups is 1. The number of nitrogens with zero attached hydrogens (tertiary/aromatic N) is 1. The van der Waals surface area contributed by atoms with Gasteiger partial charge in [-0.25, -0.2) is 4.79 Å². The molecule has 0 aromatic heterocycles. The van der Waals surface area contributed by atoms with Gasteiger partial charge in [0.05, 0.1) is 0 Å². The van der Waals surface area contributed by atoms with Crippen LogP contribution in [-0.4, -0.2) is 43.2 Å². The lowest BCUT2D eigenvalue weighted by molar-refractivity contribution is 0.108. The van der Waals surface area contributed by atoms with Crippen LogP contribution in [0.2, 0.25) is 0 Å². The molecule has 3 N–H and O–H groups in total. The summed E-state index contributed by atoms with van der Waals surface area (Å²) in [5, 5.41) is 3.06. The van der Waals surface area contributed by atoms with E-state index in [0.717, 1.165) is 37.5 Å². The number of nitrogens with two attached hydrogens (primary N) is 1. The summed E-state index contributed by atoms with van der Waals surface area (Å²) in [5.41, 5.74) is 6.73. The topological polar surface area (TPSA) is 67.6 Å². The SMILES string of the molecule is NCCN1CC(CC2CC2)CC(NC(=O)OCc2ccccc2)C1. The minimum absolute atomic E-state index is 0.164. The second-order valence-corrected chi connectivity index (χ2v) is 7.23. The number of hydrogen-bond acceptors (Lipinski definition) is 4. The number of nitrogens with one attached hydrogen (secondary N) is 1. The lowest BCUT2D eigenvalue weighted by atomic mass is 9.90. The third-order valence-corrected chi connectivity index (χ3v) is 4.96. The van der Waals surface area contributed by atoms with E-state index in [1.54, 1.807) is 0 Å². The monoisotopic (exact) mass is 331 g/mol.